The van der Waals surface area contributed by atoms with Crippen molar-refractivity contribution in [1.82, 2.24) is 0 Å². The lowest BCUT2D eigenvalue weighted by Gasteiger charge is -2.26. The molecule has 6 N–H and O–H groups in total. The zero-order valence-electron chi connectivity index (χ0n) is 7.68. The van der Waals surface area contributed by atoms with Crippen LogP contribution < -0.4 is 5.73 Å². The highest BCUT2D eigenvalue weighted by molar-refractivity contribution is 5.61. The number of ether oxygens (including phenoxy) is 1. The van der Waals surface area contributed by atoms with Crippen molar-refractivity contribution in [2.24, 2.45) is 5.73 Å². The highest BCUT2D eigenvalue weighted by atomic mass is 16.7. The van der Waals surface area contributed by atoms with E-state index in [4.69, 9.17) is 21.1 Å². The minimum absolute atomic E-state index is 0.168. The predicted molar refractivity (Wildman–Crippen MR) is 46.0 cm³/mol. The van der Waals surface area contributed by atoms with Crippen LogP contribution in [0.4, 0.5) is 4.79 Å². The molecule has 0 spiro atoms. The van der Waals surface area contributed by atoms with E-state index in [0.29, 0.717) is 0 Å². The first-order valence-electron chi connectivity index (χ1n) is 4.01. The largest absolute Gasteiger partial charge is 0.506 e. The van der Waals surface area contributed by atoms with Crippen LogP contribution in [0.5, 0.6) is 0 Å². The Labute approximate surface area is 84.9 Å². The first-order valence-corrected chi connectivity index (χ1v) is 4.01. The normalized spacial score (nSPS) is 18.7. The molecule has 8 nitrogen and oxygen atoms in total. The number of aliphatic hydroxyl groups is 3. The third kappa shape index (κ3) is 4.21. The van der Waals surface area contributed by atoms with Gasteiger partial charge in [0.05, 0.1) is 6.61 Å². The van der Waals surface area contributed by atoms with E-state index in [1.807, 2.05) is 0 Å². The minimum atomic E-state index is -1.77. The molecule has 8 heteroatoms. The standard InChI is InChI=1S/C7H13NO7/c8-3(1-9)6(15-7(13)14)5(12)4(11)2-10/h1,3-6,10-12H,2,8H2,(H,13,14)/t3-,4+,5-,6+/m0/s1. The first-order chi connectivity index (χ1) is 6.93. The number of carboxylic acid groups (broad SMARTS) is 1. The zero-order chi connectivity index (χ0) is 12.0. The van der Waals surface area contributed by atoms with Gasteiger partial charge in [-0.15, -0.1) is 0 Å². The van der Waals surface area contributed by atoms with E-state index in [-0.39, 0.29) is 6.29 Å². The number of carbonyl (C=O) groups excluding carboxylic acids is 1. The van der Waals surface area contributed by atoms with Gasteiger partial charge in [-0.1, -0.05) is 0 Å². The summed E-state index contributed by atoms with van der Waals surface area (Å²) in [5.41, 5.74) is 5.15. The second kappa shape index (κ2) is 6.30. The Morgan fingerprint density at radius 3 is 2.33 bits per heavy atom. The number of rotatable bonds is 6. The molecule has 0 rings (SSSR count). The molecule has 0 aromatic rings. The van der Waals surface area contributed by atoms with Crippen molar-refractivity contribution in [2.75, 3.05) is 6.61 Å². The molecule has 0 heterocycles. The van der Waals surface area contributed by atoms with Crippen LogP contribution in [0.15, 0.2) is 0 Å². The maximum absolute atomic E-state index is 10.3. The van der Waals surface area contributed by atoms with Crippen LogP contribution in [-0.2, 0) is 9.53 Å². The van der Waals surface area contributed by atoms with E-state index in [1.54, 1.807) is 0 Å². The smallest absolute Gasteiger partial charge is 0.450 e. The maximum atomic E-state index is 10.3. The molecule has 0 aliphatic carbocycles. The van der Waals surface area contributed by atoms with Crippen LogP contribution in [0.25, 0.3) is 0 Å². The Hall–Kier alpha value is -1.22. The van der Waals surface area contributed by atoms with E-state index in [1.165, 1.54) is 0 Å². The van der Waals surface area contributed by atoms with Crippen molar-refractivity contribution >= 4 is 12.4 Å². The Kier molecular flexibility index (Phi) is 5.79. The van der Waals surface area contributed by atoms with E-state index in [0.717, 1.165) is 0 Å². The fraction of sp³-hybridized carbons (Fsp3) is 0.714. The highest BCUT2D eigenvalue weighted by Gasteiger charge is 2.34. The molecule has 0 saturated heterocycles. The molecule has 0 aromatic heterocycles. The summed E-state index contributed by atoms with van der Waals surface area (Å²) in [6, 6.07) is -1.42. The lowest BCUT2D eigenvalue weighted by Crippen LogP contribution is -2.52. The van der Waals surface area contributed by atoms with E-state index in [2.05, 4.69) is 4.74 Å². The number of aldehydes is 1. The van der Waals surface area contributed by atoms with Crippen molar-refractivity contribution < 1.29 is 34.8 Å². The van der Waals surface area contributed by atoms with Gasteiger partial charge < -0.3 is 35.7 Å². The van der Waals surface area contributed by atoms with Gasteiger partial charge in [0, 0.05) is 0 Å². The van der Waals surface area contributed by atoms with Gasteiger partial charge in [0.15, 0.2) is 6.10 Å². The molecule has 0 aromatic carbocycles. The molecule has 0 bridgehead atoms. The second-order valence-electron chi connectivity index (χ2n) is 2.80. The van der Waals surface area contributed by atoms with E-state index < -0.39 is 37.1 Å². The van der Waals surface area contributed by atoms with Crippen molar-refractivity contribution in [2.45, 2.75) is 24.4 Å². The van der Waals surface area contributed by atoms with Crippen molar-refractivity contribution in [1.29, 1.82) is 0 Å². The summed E-state index contributed by atoms with van der Waals surface area (Å²) in [6.45, 7) is -0.813. The maximum Gasteiger partial charge on any atom is 0.506 e. The predicted octanol–water partition coefficient (Wildman–Crippen LogP) is -2.71. The fourth-order valence-electron chi connectivity index (χ4n) is 0.897. The summed E-state index contributed by atoms with van der Waals surface area (Å²) in [6.07, 6.45) is -6.61. The van der Waals surface area contributed by atoms with E-state index in [9.17, 15) is 14.7 Å². The number of carbonyl (C=O) groups is 2. The van der Waals surface area contributed by atoms with Gasteiger partial charge in [-0.2, -0.15) is 0 Å². The van der Waals surface area contributed by atoms with Gasteiger partial charge >= 0.3 is 6.16 Å². The van der Waals surface area contributed by atoms with Crippen LogP contribution in [0.1, 0.15) is 0 Å². The molecule has 4 atom stereocenters. The third-order valence-corrected chi connectivity index (χ3v) is 1.69. The molecule has 0 amide bonds. The Morgan fingerprint density at radius 1 is 1.47 bits per heavy atom. The number of nitrogens with two attached hydrogens (primary N) is 1. The molecule has 0 unspecified atom stereocenters. The van der Waals surface area contributed by atoms with Crippen LogP contribution in [0.3, 0.4) is 0 Å². The van der Waals surface area contributed by atoms with Crippen molar-refractivity contribution in [3.8, 4) is 0 Å². The third-order valence-electron chi connectivity index (χ3n) is 1.69. The van der Waals surface area contributed by atoms with Gasteiger partial charge in [-0.25, -0.2) is 4.79 Å². The number of hydrogen-bond donors (Lipinski definition) is 5. The Balaban J connectivity index is 4.60. The molecule has 88 valence electrons. The topological polar surface area (TPSA) is 150 Å². The lowest BCUT2D eigenvalue weighted by molar-refractivity contribution is -0.120. The van der Waals surface area contributed by atoms with E-state index >= 15 is 0 Å². The minimum Gasteiger partial charge on any atom is -0.450 e. The molecule has 0 aliphatic heterocycles. The van der Waals surface area contributed by atoms with Crippen molar-refractivity contribution in [3.05, 3.63) is 0 Å². The summed E-state index contributed by atoms with van der Waals surface area (Å²) in [5.74, 6) is 0. The molecular formula is C7H13NO7. The zero-order valence-corrected chi connectivity index (χ0v) is 7.68. The van der Waals surface area contributed by atoms with Crippen molar-refractivity contribution in [3.63, 3.8) is 0 Å². The second-order valence-corrected chi connectivity index (χ2v) is 2.80. The quantitative estimate of drug-likeness (QED) is 0.241. The molecule has 0 fully saturated rings. The summed E-state index contributed by atoms with van der Waals surface area (Å²) in [7, 11) is 0. The summed E-state index contributed by atoms with van der Waals surface area (Å²) < 4.78 is 4.13. The van der Waals surface area contributed by atoms with Crippen LogP contribution in [-0.4, -0.2) is 63.8 Å². The SMILES string of the molecule is N[C@@H](C=O)[C@@H](OC(=O)O)[C@@H](O)[C@H](O)CO. The van der Waals surface area contributed by atoms with Gasteiger partial charge in [0.1, 0.15) is 24.5 Å². The van der Waals surface area contributed by atoms with Crippen LogP contribution >= 0.6 is 0 Å². The highest BCUT2D eigenvalue weighted by Crippen LogP contribution is 2.07. The van der Waals surface area contributed by atoms with Crippen LogP contribution in [0, 0.1) is 0 Å². The number of hydrogen-bond acceptors (Lipinski definition) is 7. The summed E-state index contributed by atoms with van der Waals surface area (Å²) >= 11 is 0. The van der Waals surface area contributed by atoms with Gasteiger partial charge in [-0.05, 0) is 0 Å². The fourth-order valence-corrected chi connectivity index (χ4v) is 0.897. The Bertz CT molecular complexity index is 221. The monoisotopic (exact) mass is 223 g/mol. The van der Waals surface area contributed by atoms with Gasteiger partial charge in [0.2, 0.25) is 0 Å². The summed E-state index contributed by atoms with van der Waals surface area (Å²) in [5, 5.41) is 35.1. The van der Waals surface area contributed by atoms with Gasteiger partial charge in [0.25, 0.3) is 0 Å². The summed E-state index contributed by atoms with van der Waals surface area (Å²) in [4.78, 5) is 20.5. The average Bonchev–Trinajstić information content (AvgIpc) is 2.22. The molecular weight excluding hydrogens is 210 g/mol. The molecule has 0 radical (unpaired) electrons. The lowest BCUT2D eigenvalue weighted by atomic mass is 10.0. The average molecular weight is 223 g/mol. The molecule has 15 heavy (non-hydrogen) atoms. The van der Waals surface area contributed by atoms with Gasteiger partial charge in [-0.3, -0.25) is 0 Å². The van der Waals surface area contributed by atoms with Crippen LogP contribution in [0.2, 0.25) is 0 Å². The molecule has 0 saturated carbocycles. The Morgan fingerprint density at radius 2 is 2.00 bits per heavy atom. The number of aliphatic hydroxyl groups excluding tert-OH is 3. The first kappa shape index (κ1) is 13.8. The molecule has 0 aliphatic rings.